The van der Waals surface area contributed by atoms with Crippen LogP contribution in [0.1, 0.15) is 25.3 Å². The zero-order chi connectivity index (χ0) is 15.2. The number of ether oxygens (including phenoxy) is 2. The van der Waals surface area contributed by atoms with E-state index in [0.717, 1.165) is 19.4 Å². The van der Waals surface area contributed by atoms with Crippen LogP contribution in [0.15, 0.2) is 18.2 Å². The Morgan fingerprint density at radius 3 is 2.95 bits per heavy atom. The van der Waals surface area contributed by atoms with Crippen molar-refractivity contribution >= 4 is 5.97 Å². The van der Waals surface area contributed by atoms with E-state index in [9.17, 15) is 9.18 Å². The first-order valence-corrected chi connectivity index (χ1v) is 7.35. The standard InChI is InChI=1S/C16H22FNO3/c1-3-21-16(19)13-5-4-8-18(11-13)10-12-6-7-14(20-2)9-15(12)17/h6-7,9,13H,3-5,8,10-11H2,1-2H3/t13-/m0/s1. The molecule has 1 heterocycles. The summed E-state index contributed by atoms with van der Waals surface area (Å²) in [5, 5.41) is 0. The summed E-state index contributed by atoms with van der Waals surface area (Å²) in [5.41, 5.74) is 0.625. The van der Waals surface area contributed by atoms with E-state index >= 15 is 0 Å². The number of carbonyl (C=O) groups is 1. The highest BCUT2D eigenvalue weighted by Crippen LogP contribution is 2.22. The monoisotopic (exact) mass is 295 g/mol. The molecular weight excluding hydrogens is 273 g/mol. The van der Waals surface area contributed by atoms with Crippen LogP contribution in [0.5, 0.6) is 5.75 Å². The molecule has 0 unspecified atom stereocenters. The second-order valence-corrected chi connectivity index (χ2v) is 5.28. The van der Waals surface area contributed by atoms with E-state index in [1.54, 1.807) is 12.1 Å². The summed E-state index contributed by atoms with van der Waals surface area (Å²) < 4.78 is 24.0. The van der Waals surface area contributed by atoms with Gasteiger partial charge in [0, 0.05) is 24.7 Å². The molecular formula is C16H22FNO3. The molecule has 1 saturated heterocycles. The van der Waals surface area contributed by atoms with E-state index in [2.05, 4.69) is 4.90 Å². The van der Waals surface area contributed by atoms with Gasteiger partial charge in [-0.1, -0.05) is 6.07 Å². The highest BCUT2D eigenvalue weighted by molar-refractivity contribution is 5.72. The molecule has 1 aromatic carbocycles. The number of rotatable bonds is 5. The van der Waals surface area contributed by atoms with Crippen LogP contribution in [0, 0.1) is 11.7 Å². The highest BCUT2D eigenvalue weighted by Gasteiger charge is 2.27. The Labute approximate surface area is 124 Å². The summed E-state index contributed by atoms with van der Waals surface area (Å²) in [6.45, 7) is 4.23. The topological polar surface area (TPSA) is 38.8 Å². The summed E-state index contributed by atoms with van der Waals surface area (Å²) in [6, 6.07) is 4.88. The maximum Gasteiger partial charge on any atom is 0.310 e. The number of halogens is 1. The summed E-state index contributed by atoms with van der Waals surface area (Å²) >= 11 is 0. The van der Waals surface area contributed by atoms with Crippen LogP contribution in [-0.2, 0) is 16.1 Å². The summed E-state index contributed by atoms with van der Waals surface area (Å²) in [7, 11) is 1.52. The van der Waals surface area contributed by atoms with E-state index < -0.39 is 0 Å². The number of methoxy groups -OCH3 is 1. The second-order valence-electron chi connectivity index (χ2n) is 5.28. The Kier molecular flexibility index (Phi) is 5.56. The Balaban J connectivity index is 1.97. The first kappa shape index (κ1) is 15.8. The molecule has 0 aliphatic carbocycles. The van der Waals surface area contributed by atoms with Crippen molar-refractivity contribution in [3.05, 3.63) is 29.6 Å². The molecule has 0 spiro atoms. The summed E-state index contributed by atoms with van der Waals surface area (Å²) in [4.78, 5) is 13.9. The molecule has 0 N–H and O–H groups in total. The molecule has 0 radical (unpaired) electrons. The molecule has 0 bridgehead atoms. The van der Waals surface area contributed by atoms with Crippen molar-refractivity contribution in [3.8, 4) is 5.75 Å². The molecule has 5 heteroatoms. The molecule has 0 saturated carbocycles. The quantitative estimate of drug-likeness (QED) is 0.783. The zero-order valence-corrected chi connectivity index (χ0v) is 12.6. The van der Waals surface area contributed by atoms with E-state index in [0.29, 0.717) is 31.0 Å². The molecule has 1 aliphatic rings. The number of benzene rings is 1. The SMILES string of the molecule is CCOC(=O)[C@H]1CCCN(Cc2ccc(OC)cc2F)C1. The van der Waals surface area contributed by atoms with Gasteiger partial charge >= 0.3 is 5.97 Å². The fourth-order valence-corrected chi connectivity index (χ4v) is 2.68. The molecule has 0 aromatic heterocycles. The lowest BCUT2D eigenvalue weighted by Gasteiger charge is -2.31. The van der Waals surface area contributed by atoms with Crippen molar-refractivity contribution in [2.24, 2.45) is 5.92 Å². The largest absolute Gasteiger partial charge is 0.497 e. The predicted molar refractivity (Wildman–Crippen MR) is 77.6 cm³/mol. The van der Waals surface area contributed by atoms with Gasteiger partial charge in [0.2, 0.25) is 0 Å². The first-order chi connectivity index (χ1) is 10.1. The molecule has 4 nitrogen and oxygen atoms in total. The number of esters is 1. The van der Waals surface area contributed by atoms with Gasteiger partial charge < -0.3 is 9.47 Å². The normalized spacial score (nSPS) is 19.3. The van der Waals surface area contributed by atoms with Crippen LogP contribution in [0.2, 0.25) is 0 Å². The van der Waals surface area contributed by atoms with Gasteiger partial charge in [-0.2, -0.15) is 0 Å². The van der Waals surface area contributed by atoms with Crippen molar-refractivity contribution in [3.63, 3.8) is 0 Å². The number of likely N-dealkylation sites (tertiary alicyclic amines) is 1. The van der Waals surface area contributed by atoms with Gasteiger partial charge in [-0.25, -0.2) is 4.39 Å². The molecule has 1 aliphatic heterocycles. The van der Waals surface area contributed by atoms with Gasteiger partial charge in [0.05, 0.1) is 19.6 Å². The van der Waals surface area contributed by atoms with Gasteiger partial charge in [0.25, 0.3) is 0 Å². The van der Waals surface area contributed by atoms with Gasteiger partial charge in [-0.15, -0.1) is 0 Å². The van der Waals surface area contributed by atoms with Crippen LogP contribution in [0.25, 0.3) is 0 Å². The van der Waals surface area contributed by atoms with E-state index in [-0.39, 0.29) is 17.7 Å². The minimum atomic E-state index is -0.271. The smallest absolute Gasteiger partial charge is 0.310 e. The lowest BCUT2D eigenvalue weighted by Crippen LogP contribution is -2.39. The fourth-order valence-electron chi connectivity index (χ4n) is 2.68. The van der Waals surface area contributed by atoms with Crippen molar-refractivity contribution in [2.75, 3.05) is 26.8 Å². The van der Waals surface area contributed by atoms with Crippen molar-refractivity contribution in [1.29, 1.82) is 0 Å². The Morgan fingerprint density at radius 2 is 2.29 bits per heavy atom. The van der Waals surface area contributed by atoms with E-state index in [1.807, 2.05) is 6.92 Å². The average Bonchev–Trinajstić information content (AvgIpc) is 2.50. The molecule has 1 fully saturated rings. The minimum absolute atomic E-state index is 0.0972. The molecule has 21 heavy (non-hydrogen) atoms. The van der Waals surface area contributed by atoms with Crippen LogP contribution in [-0.4, -0.2) is 37.7 Å². The van der Waals surface area contributed by atoms with Crippen LogP contribution in [0.4, 0.5) is 4.39 Å². The first-order valence-electron chi connectivity index (χ1n) is 7.35. The molecule has 2 rings (SSSR count). The van der Waals surface area contributed by atoms with Crippen molar-refractivity contribution in [1.82, 2.24) is 4.90 Å². The number of piperidine rings is 1. The van der Waals surface area contributed by atoms with Crippen LogP contribution >= 0.6 is 0 Å². The third-order valence-electron chi connectivity index (χ3n) is 3.78. The fraction of sp³-hybridized carbons (Fsp3) is 0.562. The number of hydrogen-bond donors (Lipinski definition) is 0. The van der Waals surface area contributed by atoms with E-state index in [1.165, 1.54) is 13.2 Å². The van der Waals surface area contributed by atoms with Crippen LogP contribution < -0.4 is 4.74 Å². The van der Waals surface area contributed by atoms with Crippen molar-refractivity contribution in [2.45, 2.75) is 26.3 Å². The second kappa shape index (κ2) is 7.41. The number of hydrogen-bond acceptors (Lipinski definition) is 4. The maximum atomic E-state index is 14.0. The van der Waals surface area contributed by atoms with Gasteiger partial charge in [-0.05, 0) is 32.4 Å². The lowest BCUT2D eigenvalue weighted by atomic mass is 9.97. The summed E-state index contributed by atoms with van der Waals surface area (Å²) in [5.74, 6) is 0.00400. The van der Waals surface area contributed by atoms with Crippen LogP contribution in [0.3, 0.4) is 0 Å². The van der Waals surface area contributed by atoms with Crippen molar-refractivity contribution < 1.29 is 18.7 Å². The maximum absolute atomic E-state index is 14.0. The highest BCUT2D eigenvalue weighted by atomic mass is 19.1. The lowest BCUT2D eigenvalue weighted by molar-refractivity contribution is -0.150. The predicted octanol–water partition coefficient (Wildman–Crippen LogP) is 2.61. The van der Waals surface area contributed by atoms with Gasteiger partial charge in [0.15, 0.2) is 0 Å². The number of carbonyl (C=O) groups excluding carboxylic acids is 1. The minimum Gasteiger partial charge on any atom is -0.497 e. The average molecular weight is 295 g/mol. The third-order valence-corrected chi connectivity index (χ3v) is 3.78. The Hall–Kier alpha value is -1.62. The molecule has 1 atom stereocenters. The van der Waals surface area contributed by atoms with Gasteiger partial charge in [-0.3, -0.25) is 9.69 Å². The Morgan fingerprint density at radius 1 is 1.48 bits per heavy atom. The Bertz CT molecular complexity index is 492. The third kappa shape index (κ3) is 4.17. The van der Waals surface area contributed by atoms with E-state index in [4.69, 9.17) is 9.47 Å². The number of nitrogens with zero attached hydrogens (tertiary/aromatic N) is 1. The molecule has 1 aromatic rings. The zero-order valence-electron chi connectivity index (χ0n) is 12.6. The molecule has 116 valence electrons. The molecule has 0 amide bonds. The summed E-state index contributed by atoms with van der Waals surface area (Å²) in [6.07, 6.45) is 1.78. The van der Waals surface area contributed by atoms with Gasteiger partial charge in [0.1, 0.15) is 11.6 Å².